The summed E-state index contributed by atoms with van der Waals surface area (Å²) in [6.07, 6.45) is 0.0119. The Morgan fingerprint density at radius 1 is 0.893 bits per heavy atom. The Morgan fingerprint density at radius 2 is 1.61 bits per heavy atom. The Kier molecular flexibility index (Phi) is 6.22. The van der Waals surface area contributed by atoms with E-state index in [2.05, 4.69) is 0 Å². The van der Waals surface area contributed by atoms with E-state index in [1.54, 1.807) is 55.5 Å². The first kappa shape index (κ1) is 19.4. The van der Waals surface area contributed by atoms with Crippen molar-refractivity contribution in [3.8, 4) is 0 Å². The Bertz CT molecular complexity index is 987. The van der Waals surface area contributed by atoms with Crippen molar-refractivity contribution in [1.82, 2.24) is 0 Å². The van der Waals surface area contributed by atoms with Gasteiger partial charge in [-0.05, 0) is 13.0 Å². The van der Waals surface area contributed by atoms with E-state index in [0.29, 0.717) is 22.1 Å². The van der Waals surface area contributed by atoms with Gasteiger partial charge in [-0.2, -0.15) is 0 Å². The quantitative estimate of drug-likeness (QED) is 0.428. The highest BCUT2D eigenvalue weighted by molar-refractivity contribution is 5.98. The van der Waals surface area contributed by atoms with Crippen LogP contribution in [0, 0.1) is 0 Å². The maximum atomic E-state index is 12.2. The molecule has 0 amide bonds. The summed E-state index contributed by atoms with van der Waals surface area (Å²) in [5, 5.41) is 0.679. The smallest absolute Gasteiger partial charge is 0.374 e. The van der Waals surface area contributed by atoms with Gasteiger partial charge < -0.3 is 13.9 Å². The molecule has 0 saturated carbocycles. The first-order valence-corrected chi connectivity index (χ1v) is 9.01. The van der Waals surface area contributed by atoms with Crippen LogP contribution in [0.3, 0.4) is 0 Å². The highest BCUT2D eigenvalue weighted by Gasteiger charge is 2.22. The molecule has 1 heterocycles. The number of carbonyl (C=O) groups is 3. The number of benzene rings is 2. The molecule has 0 spiro atoms. The van der Waals surface area contributed by atoms with Gasteiger partial charge in [0, 0.05) is 17.4 Å². The van der Waals surface area contributed by atoms with Crippen LogP contribution in [0.1, 0.15) is 46.2 Å². The molecule has 0 aliphatic rings. The Labute approximate surface area is 162 Å². The van der Waals surface area contributed by atoms with Gasteiger partial charge in [0.15, 0.2) is 5.78 Å². The summed E-state index contributed by atoms with van der Waals surface area (Å²) in [6, 6.07) is 15.9. The van der Waals surface area contributed by atoms with E-state index >= 15 is 0 Å². The molecule has 2 aromatic carbocycles. The molecule has 0 unspecified atom stereocenters. The summed E-state index contributed by atoms with van der Waals surface area (Å²) in [5.74, 6) is -1.23. The van der Waals surface area contributed by atoms with Crippen molar-refractivity contribution in [1.29, 1.82) is 0 Å². The first-order chi connectivity index (χ1) is 13.6. The van der Waals surface area contributed by atoms with Gasteiger partial charge in [0.25, 0.3) is 0 Å². The summed E-state index contributed by atoms with van der Waals surface area (Å²) in [4.78, 5) is 36.3. The third kappa shape index (κ3) is 4.46. The number of hydrogen-bond acceptors (Lipinski definition) is 6. The Balaban J connectivity index is 1.65. The van der Waals surface area contributed by atoms with Crippen LogP contribution in [-0.2, 0) is 20.9 Å². The highest BCUT2D eigenvalue weighted by atomic mass is 16.5. The predicted molar refractivity (Wildman–Crippen MR) is 102 cm³/mol. The number of hydrogen-bond donors (Lipinski definition) is 0. The zero-order valence-electron chi connectivity index (χ0n) is 15.5. The van der Waals surface area contributed by atoms with Gasteiger partial charge in [-0.15, -0.1) is 0 Å². The van der Waals surface area contributed by atoms with Crippen molar-refractivity contribution in [2.75, 3.05) is 6.61 Å². The van der Waals surface area contributed by atoms with Crippen LogP contribution in [0.4, 0.5) is 0 Å². The molecule has 6 nitrogen and oxygen atoms in total. The number of carbonyl (C=O) groups excluding carboxylic acids is 3. The van der Waals surface area contributed by atoms with Gasteiger partial charge >= 0.3 is 11.9 Å². The molecule has 0 bridgehead atoms. The van der Waals surface area contributed by atoms with Crippen LogP contribution >= 0.6 is 0 Å². The maximum absolute atomic E-state index is 12.2. The van der Waals surface area contributed by atoms with Crippen LogP contribution in [0.2, 0.25) is 0 Å². The van der Waals surface area contributed by atoms with E-state index in [-0.39, 0.29) is 37.6 Å². The summed E-state index contributed by atoms with van der Waals surface area (Å²) in [6.45, 7) is 1.77. The van der Waals surface area contributed by atoms with Gasteiger partial charge in [-0.25, -0.2) is 4.79 Å². The number of ketones is 1. The molecule has 144 valence electrons. The van der Waals surface area contributed by atoms with E-state index in [1.165, 1.54) is 0 Å². The zero-order chi connectivity index (χ0) is 19.9. The number of para-hydroxylation sites is 1. The molecule has 6 heteroatoms. The molecule has 3 rings (SSSR count). The van der Waals surface area contributed by atoms with E-state index < -0.39 is 11.9 Å². The lowest BCUT2D eigenvalue weighted by Gasteiger charge is -2.06. The summed E-state index contributed by atoms with van der Waals surface area (Å²) < 4.78 is 15.9. The lowest BCUT2D eigenvalue weighted by molar-refractivity contribution is -0.144. The number of ether oxygens (including phenoxy) is 2. The lowest BCUT2D eigenvalue weighted by Crippen LogP contribution is -2.11. The summed E-state index contributed by atoms with van der Waals surface area (Å²) >= 11 is 0. The van der Waals surface area contributed by atoms with E-state index in [1.807, 2.05) is 6.07 Å². The number of furan rings is 1. The highest BCUT2D eigenvalue weighted by Crippen LogP contribution is 2.27. The molecule has 1 aromatic heterocycles. The minimum absolute atomic E-state index is 0.0243. The van der Waals surface area contributed by atoms with Crippen molar-refractivity contribution in [2.45, 2.75) is 26.4 Å². The standard InChI is InChI=1S/C22H20O6/c1-2-26-22(25)21-17(16-10-6-7-11-19(16)28-21)14-27-20(24)13-12-18(23)15-8-4-3-5-9-15/h3-11H,2,12-14H2,1H3. The van der Waals surface area contributed by atoms with Gasteiger partial charge in [-0.3, -0.25) is 9.59 Å². The molecule has 0 aliphatic heterocycles. The third-order valence-corrected chi connectivity index (χ3v) is 4.19. The third-order valence-electron chi connectivity index (χ3n) is 4.19. The number of rotatable bonds is 8. The fourth-order valence-electron chi connectivity index (χ4n) is 2.81. The van der Waals surface area contributed by atoms with Gasteiger partial charge in [0.05, 0.1) is 18.6 Å². The van der Waals surface area contributed by atoms with Crippen LogP contribution in [0.5, 0.6) is 0 Å². The topological polar surface area (TPSA) is 82.8 Å². The van der Waals surface area contributed by atoms with E-state index in [4.69, 9.17) is 13.9 Å². The van der Waals surface area contributed by atoms with E-state index in [0.717, 1.165) is 0 Å². The molecular formula is C22H20O6. The molecule has 3 aromatic rings. The van der Waals surface area contributed by atoms with Crippen LogP contribution in [0.25, 0.3) is 11.0 Å². The number of Topliss-reactive ketones (excluding diaryl/α,β-unsaturated/α-hetero) is 1. The lowest BCUT2D eigenvalue weighted by atomic mass is 10.1. The molecule has 0 atom stereocenters. The van der Waals surface area contributed by atoms with Crippen molar-refractivity contribution >= 4 is 28.7 Å². The molecule has 28 heavy (non-hydrogen) atoms. The monoisotopic (exact) mass is 380 g/mol. The Hall–Kier alpha value is -3.41. The fraction of sp³-hybridized carbons (Fsp3) is 0.227. The normalized spacial score (nSPS) is 10.6. The molecule has 0 fully saturated rings. The fourth-order valence-corrected chi connectivity index (χ4v) is 2.81. The zero-order valence-corrected chi connectivity index (χ0v) is 15.5. The maximum Gasteiger partial charge on any atom is 0.374 e. The SMILES string of the molecule is CCOC(=O)c1oc2ccccc2c1COC(=O)CCC(=O)c1ccccc1. The molecule has 0 saturated heterocycles. The summed E-state index contributed by atoms with van der Waals surface area (Å²) in [5.41, 5.74) is 1.52. The predicted octanol–water partition coefficient (Wildman–Crippen LogP) is 4.32. The number of esters is 2. The van der Waals surface area contributed by atoms with Crippen LogP contribution in [0.15, 0.2) is 59.0 Å². The minimum atomic E-state index is -0.607. The van der Waals surface area contributed by atoms with Crippen LogP contribution in [-0.4, -0.2) is 24.3 Å². The van der Waals surface area contributed by atoms with Crippen LogP contribution < -0.4 is 0 Å². The molecular weight excluding hydrogens is 360 g/mol. The average molecular weight is 380 g/mol. The second kappa shape index (κ2) is 8.99. The van der Waals surface area contributed by atoms with Gasteiger partial charge in [0.1, 0.15) is 12.2 Å². The molecule has 0 radical (unpaired) electrons. The van der Waals surface area contributed by atoms with Crippen molar-refractivity contribution < 1.29 is 28.3 Å². The Morgan fingerprint density at radius 3 is 2.36 bits per heavy atom. The van der Waals surface area contributed by atoms with Crippen molar-refractivity contribution in [3.63, 3.8) is 0 Å². The second-order valence-electron chi connectivity index (χ2n) is 6.08. The van der Waals surface area contributed by atoms with Gasteiger partial charge in [0.2, 0.25) is 5.76 Å². The van der Waals surface area contributed by atoms with Crippen molar-refractivity contribution in [3.05, 3.63) is 71.5 Å². The van der Waals surface area contributed by atoms with Crippen molar-refractivity contribution in [2.24, 2.45) is 0 Å². The van der Waals surface area contributed by atoms with E-state index in [9.17, 15) is 14.4 Å². The average Bonchev–Trinajstić information content (AvgIpc) is 3.10. The minimum Gasteiger partial charge on any atom is -0.461 e. The largest absolute Gasteiger partial charge is 0.461 e. The summed E-state index contributed by atoms with van der Waals surface area (Å²) in [7, 11) is 0. The molecule has 0 N–H and O–H groups in total. The first-order valence-electron chi connectivity index (χ1n) is 9.01. The molecule has 0 aliphatic carbocycles. The number of fused-ring (bicyclic) bond motifs is 1. The van der Waals surface area contributed by atoms with Gasteiger partial charge in [-0.1, -0.05) is 48.5 Å². The second-order valence-corrected chi connectivity index (χ2v) is 6.08.